The average Bonchev–Trinajstić information content (AvgIpc) is 3.18. The van der Waals surface area contributed by atoms with Gasteiger partial charge < -0.3 is 24.3 Å². The van der Waals surface area contributed by atoms with Crippen molar-refractivity contribution >= 4 is 5.91 Å². The van der Waals surface area contributed by atoms with E-state index in [4.69, 9.17) is 18.9 Å². The van der Waals surface area contributed by atoms with Gasteiger partial charge in [-0.15, -0.1) is 0 Å². The van der Waals surface area contributed by atoms with Gasteiger partial charge in [-0.2, -0.15) is 0 Å². The number of amides is 1. The SMILES string of the molecule is CCCCCCCCCCCCCCCCCCOC(CCNC(=O)CC(C)C(C)OCCC(C)(CC)OC)COCCCCCCCCCCCCCC. The van der Waals surface area contributed by atoms with Crippen molar-refractivity contribution < 1.29 is 23.7 Å². The molecule has 0 rings (SSSR count). The maximum absolute atomic E-state index is 12.8. The Morgan fingerprint density at radius 2 is 0.982 bits per heavy atom. The van der Waals surface area contributed by atoms with Crippen molar-refractivity contribution in [3.05, 3.63) is 0 Å². The van der Waals surface area contributed by atoms with Gasteiger partial charge in [-0.3, -0.25) is 4.79 Å². The molecule has 6 heteroatoms. The van der Waals surface area contributed by atoms with Crippen LogP contribution in [0.25, 0.3) is 0 Å². The van der Waals surface area contributed by atoms with Crippen LogP contribution in [0.2, 0.25) is 0 Å². The Kier molecular flexibility index (Phi) is 40.9. The molecule has 0 aromatic rings. The van der Waals surface area contributed by atoms with E-state index in [9.17, 15) is 4.79 Å². The minimum absolute atomic E-state index is 0.0215. The largest absolute Gasteiger partial charge is 0.379 e. The standard InChI is InChI=1S/C49H99NO5/c1-8-11-13-15-17-19-21-23-24-25-26-28-30-32-34-36-41-55-47(44-53-40-35-33-31-29-27-22-20-18-16-14-12-9-2)37-39-50-48(51)43-45(4)46(5)54-42-38-49(6,10-3)52-7/h45-47H,8-44H2,1-7H3,(H,50,51). The molecule has 0 aromatic heterocycles. The van der Waals surface area contributed by atoms with Gasteiger partial charge in [-0.1, -0.05) is 195 Å². The lowest BCUT2D eigenvalue weighted by atomic mass is 9.99. The second-order valence-electron chi connectivity index (χ2n) is 17.4. The van der Waals surface area contributed by atoms with Crippen LogP contribution in [0.15, 0.2) is 0 Å². The van der Waals surface area contributed by atoms with Crippen LogP contribution >= 0.6 is 0 Å². The molecular weight excluding hydrogens is 683 g/mol. The van der Waals surface area contributed by atoms with E-state index in [0.717, 1.165) is 45.3 Å². The zero-order valence-corrected chi connectivity index (χ0v) is 38.4. The van der Waals surface area contributed by atoms with Gasteiger partial charge >= 0.3 is 0 Å². The summed E-state index contributed by atoms with van der Waals surface area (Å²) >= 11 is 0. The highest BCUT2D eigenvalue weighted by atomic mass is 16.5. The molecule has 1 N–H and O–H groups in total. The third-order valence-electron chi connectivity index (χ3n) is 12.1. The van der Waals surface area contributed by atoms with Crippen molar-refractivity contribution in [1.82, 2.24) is 5.32 Å². The minimum atomic E-state index is -0.152. The third-order valence-corrected chi connectivity index (χ3v) is 12.1. The van der Waals surface area contributed by atoms with Crippen molar-refractivity contribution in [3.8, 4) is 0 Å². The van der Waals surface area contributed by atoms with E-state index in [2.05, 4.69) is 46.9 Å². The molecule has 0 heterocycles. The molecule has 0 spiro atoms. The second kappa shape index (κ2) is 41.5. The number of rotatable bonds is 45. The van der Waals surface area contributed by atoms with E-state index >= 15 is 0 Å². The fourth-order valence-electron chi connectivity index (χ4n) is 7.33. The monoisotopic (exact) mass is 782 g/mol. The minimum Gasteiger partial charge on any atom is -0.379 e. The molecule has 0 aliphatic carbocycles. The Hall–Kier alpha value is -0.690. The van der Waals surface area contributed by atoms with E-state index in [1.807, 2.05) is 0 Å². The van der Waals surface area contributed by atoms with Crippen LogP contribution in [0.5, 0.6) is 0 Å². The first-order chi connectivity index (χ1) is 26.8. The van der Waals surface area contributed by atoms with Crippen LogP contribution in [-0.4, -0.2) is 63.8 Å². The van der Waals surface area contributed by atoms with Gasteiger partial charge in [0.15, 0.2) is 0 Å². The lowest BCUT2D eigenvalue weighted by molar-refractivity contribution is -0.123. The Labute approximate surface area is 344 Å². The smallest absolute Gasteiger partial charge is 0.220 e. The van der Waals surface area contributed by atoms with E-state index in [1.165, 1.54) is 167 Å². The van der Waals surface area contributed by atoms with Crippen LogP contribution in [-0.2, 0) is 23.7 Å². The van der Waals surface area contributed by atoms with Crippen molar-refractivity contribution in [3.63, 3.8) is 0 Å². The van der Waals surface area contributed by atoms with Crippen molar-refractivity contribution in [2.24, 2.45) is 5.92 Å². The summed E-state index contributed by atoms with van der Waals surface area (Å²) < 4.78 is 24.2. The topological polar surface area (TPSA) is 66.0 Å². The summed E-state index contributed by atoms with van der Waals surface area (Å²) in [6.45, 7) is 16.5. The summed E-state index contributed by atoms with van der Waals surface area (Å²) in [7, 11) is 1.77. The van der Waals surface area contributed by atoms with E-state index in [1.54, 1.807) is 7.11 Å². The zero-order valence-electron chi connectivity index (χ0n) is 38.4. The Balaban J connectivity index is 4.29. The molecule has 0 aliphatic heterocycles. The van der Waals surface area contributed by atoms with Gasteiger partial charge in [0.25, 0.3) is 0 Å². The second-order valence-corrected chi connectivity index (χ2v) is 17.4. The van der Waals surface area contributed by atoms with Gasteiger partial charge in [-0.25, -0.2) is 0 Å². The molecule has 4 unspecified atom stereocenters. The normalized spacial score (nSPS) is 14.5. The summed E-state index contributed by atoms with van der Waals surface area (Å²) in [5.41, 5.74) is -0.152. The molecule has 0 radical (unpaired) electrons. The first-order valence-electron chi connectivity index (χ1n) is 24.4. The quantitative estimate of drug-likeness (QED) is 0.0623. The highest BCUT2D eigenvalue weighted by molar-refractivity contribution is 5.76. The number of carbonyl (C=O) groups is 1. The molecule has 1 amide bonds. The highest BCUT2D eigenvalue weighted by Gasteiger charge is 2.23. The molecule has 330 valence electrons. The molecule has 0 fully saturated rings. The van der Waals surface area contributed by atoms with E-state index < -0.39 is 0 Å². The van der Waals surface area contributed by atoms with Crippen molar-refractivity contribution in [1.29, 1.82) is 0 Å². The molecule has 0 saturated heterocycles. The molecule has 6 nitrogen and oxygen atoms in total. The van der Waals surface area contributed by atoms with E-state index in [0.29, 0.717) is 26.2 Å². The number of methoxy groups -OCH3 is 1. The predicted molar refractivity (Wildman–Crippen MR) is 238 cm³/mol. The Morgan fingerprint density at radius 3 is 1.40 bits per heavy atom. The van der Waals surface area contributed by atoms with Crippen LogP contribution in [0.1, 0.15) is 247 Å². The Bertz CT molecular complexity index is 774. The molecule has 0 aliphatic rings. The molecule has 55 heavy (non-hydrogen) atoms. The molecular formula is C49H99NO5. The summed E-state index contributed by atoms with van der Waals surface area (Å²) in [6.07, 6.45) is 41.3. The van der Waals surface area contributed by atoms with Gasteiger partial charge in [0.2, 0.25) is 5.91 Å². The zero-order chi connectivity index (χ0) is 40.5. The van der Waals surface area contributed by atoms with Crippen LogP contribution in [0.3, 0.4) is 0 Å². The van der Waals surface area contributed by atoms with Crippen molar-refractivity contribution in [2.75, 3.05) is 40.1 Å². The molecule has 0 bridgehead atoms. The van der Waals surface area contributed by atoms with Crippen LogP contribution in [0.4, 0.5) is 0 Å². The highest BCUT2D eigenvalue weighted by Crippen LogP contribution is 2.21. The van der Waals surface area contributed by atoms with Gasteiger partial charge in [0, 0.05) is 39.9 Å². The van der Waals surface area contributed by atoms with Crippen molar-refractivity contribution in [2.45, 2.75) is 265 Å². The number of carbonyl (C=O) groups excluding carboxylic acids is 1. The number of hydrogen-bond acceptors (Lipinski definition) is 5. The fourth-order valence-corrected chi connectivity index (χ4v) is 7.33. The number of nitrogens with one attached hydrogen (secondary N) is 1. The van der Waals surface area contributed by atoms with Gasteiger partial charge in [0.05, 0.1) is 24.4 Å². The Morgan fingerprint density at radius 1 is 0.564 bits per heavy atom. The van der Waals surface area contributed by atoms with Crippen LogP contribution in [0, 0.1) is 5.92 Å². The lowest BCUT2D eigenvalue weighted by Gasteiger charge is -2.28. The summed E-state index contributed by atoms with van der Waals surface area (Å²) in [4.78, 5) is 12.8. The maximum Gasteiger partial charge on any atom is 0.220 e. The van der Waals surface area contributed by atoms with Gasteiger partial charge in [-0.05, 0) is 51.9 Å². The molecule has 0 aromatic carbocycles. The summed E-state index contributed by atoms with van der Waals surface area (Å²) in [5.74, 6) is 0.239. The first-order valence-corrected chi connectivity index (χ1v) is 24.4. The third kappa shape index (κ3) is 37.3. The fraction of sp³-hybridized carbons (Fsp3) is 0.980. The molecule has 4 atom stereocenters. The van der Waals surface area contributed by atoms with E-state index in [-0.39, 0.29) is 29.6 Å². The first kappa shape index (κ1) is 54.3. The number of ether oxygens (including phenoxy) is 4. The lowest BCUT2D eigenvalue weighted by Crippen LogP contribution is -2.33. The van der Waals surface area contributed by atoms with Gasteiger partial charge in [0.1, 0.15) is 0 Å². The number of unbranched alkanes of at least 4 members (excludes halogenated alkanes) is 26. The maximum atomic E-state index is 12.8. The van der Waals surface area contributed by atoms with Crippen LogP contribution < -0.4 is 5.32 Å². The predicted octanol–water partition coefficient (Wildman–Crippen LogP) is 14.5. The number of hydrogen-bond donors (Lipinski definition) is 1. The summed E-state index contributed by atoms with van der Waals surface area (Å²) in [5, 5.41) is 3.16. The molecule has 0 saturated carbocycles. The summed E-state index contributed by atoms with van der Waals surface area (Å²) in [6, 6.07) is 0. The average molecular weight is 782 g/mol.